The molecule has 1 aliphatic rings. The van der Waals surface area contributed by atoms with Gasteiger partial charge in [0.15, 0.2) is 0 Å². The summed E-state index contributed by atoms with van der Waals surface area (Å²) >= 11 is 0. The highest BCUT2D eigenvalue weighted by Crippen LogP contribution is 2.41. The van der Waals surface area contributed by atoms with Crippen LogP contribution in [0.25, 0.3) is 0 Å². The molecule has 0 saturated heterocycles. The Labute approximate surface area is 116 Å². The first-order valence-electron chi connectivity index (χ1n) is 7.12. The SMILES string of the molecule is CCOc1ccccc1C(C)NC1CC(O)C1(C)C. The van der Waals surface area contributed by atoms with Crippen molar-refractivity contribution in [1.82, 2.24) is 5.32 Å². The van der Waals surface area contributed by atoms with E-state index in [4.69, 9.17) is 4.74 Å². The lowest BCUT2D eigenvalue weighted by Crippen LogP contribution is -2.60. The molecule has 0 aliphatic heterocycles. The van der Waals surface area contributed by atoms with Gasteiger partial charge in [-0.3, -0.25) is 0 Å². The summed E-state index contributed by atoms with van der Waals surface area (Å²) in [4.78, 5) is 0. The molecule has 0 spiro atoms. The summed E-state index contributed by atoms with van der Waals surface area (Å²) in [5.41, 5.74) is 1.14. The molecular formula is C16H25NO2. The van der Waals surface area contributed by atoms with Crippen molar-refractivity contribution in [3.63, 3.8) is 0 Å². The Morgan fingerprint density at radius 2 is 2.11 bits per heavy atom. The smallest absolute Gasteiger partial charge is 0.124 e. The maximum Gasteiger partial charge on any atom is 0.124 e. The van der Waals surface area contributed by atoms with Gasteiger partial charge in [0.05, 0.1) is 12.7 Å². The van der Waals surface area contributed by atoms with Gasteiger partial charge >= 0.3 is 0 Å². The molecule has 0 aromatic heterocycles. The van der Waals surface area contributed by atoms with Crippen LogP contribution in [0.2, 0.25) is 0 Å². The van der Waals surface area contributed by atoms with Gasteiger partial charge in [0.1, 0.15) is 5.75 Å². The average molecular weight is 263 g/mol. The Bertz CT molecular complexity index is 431. The summed E-state index contributed by atoms with van der Waals surface area (Å²) < 4.78 is 5.68. The summed E-state index contributed by atoms with van der Waals surface area (Å²) in [7, 11) is 0. The zero-order chi connectivity index (χ0) is 14.0. The monoisotopic (exact) mass is 263 g/mol. The Kier molecular flexibility index (Phi) is 4.16. The predicted molar refractivity (Wildman–Crippen MR) is 77.4 cm³/mol. The van der Waals surface area contributed by atoms with Crippen molar-refractivity contribution >= 4 is 0 Å². The lowest BCUT2D eigenvalue weighted by Gasteiger charge is -2.50. The van der Waals surface area contributed by atoms with Crippen molar-refractivity contribution in [2.75, 3.05) is 6.61 Å². The predicted octanol–water partition coefficient (Wildman–Crippen LogP) is 2.90. The molecular weight excluding hydrogens is 238 g/mol. The highest BCUT2D eigenvalue weighted by atomic mass is 16.5. The van der Waals surface area contributed by atoms with E-state index >= 15 is 0 Å². The molecule has 1 aromatic carbocycles. The van der Waals surface area contributed by atoms with E-state index in [-0.39, 0.29) is 17.6 Å². The van der Waals surface area contributed by atoms with Gasteiger partial charge in [-0.1, -0.05) is 32.0 Å². The molecule has 3 atom stereocenters. The number of hydrogen-bond acceptors (Lipinski definition) is 3. The van der Waals surface area contributed by atoms with Crippen molar-refractivity contribution in [2.24, 2.45) is 5.41 Å². The highest BCUT2D eigenvalue weighted by molar-refractivity contribution is 5.35. The maximum atomic E-state index is 9.80. The number of hydrogen-bond donors (Lipinski definition) is 2. The maximum absolute atomic E-state index is 9.80. The number of benzene rings is 1. The molecule has 3 unspecified atom stereocenters. The van der Waals surface area contributed by atoms with Crippen LogP contribution in [0, 0.1) is 5.41 Å². The molecule has 2 rings (SSSR count). The van der Waals surface area contributed by atoms with Crippen LogP contribution < -0.4 is 10.1 Å². The fourth-order valence-electron chi connectivity index (χ4n) is 2.70. The number of ether oxygens (including phenoxy) is 1. The molecule has 0 radical (unpaired) electrons. The molecule has 1 aromatic rings. The summed E-state index contributed by atoms with van der Waals surface area (Å²) in [6.45, 7) is 9.05. The molecule has 0 amide bonds. The molecule has 3 nitrogen and oxygen atoms in total. The van der Waals surface area contributed by atoms with Gasteiger partial charge in [-0.2, -0.15) is 0 Å². The Morgan fingerprint density at radius 3 is 2.68 bits per heavy atom. The first-order chi connectivity index (χ1) is 8.96. The van der Waals surface area contributed by atoms with Gasteiger partial charge < -0.3 is 15.2 Å². The van der Waals surface area contributed by atoms with Crippen molar-refractivity contribution in [2.45, 2.75) is 52.3 Å². The van der Waals surface area contributed by atoms with Gasteiger partial charge in [0, 0.05) is 23.1 Å². The van der Waals surface area contributed by atoms with Crippen LogP contribution in [0.4, 0.5) is 0 Å². The fourth-order valence-corrected chi connectivity index (χ4v) is 2.70. The van der Waals surface area contributed by atoms with Crippen LogP contribution >= 0.6 is 0 Å². The lowest BCUT2D eigenvalue weighted by molar-refractivity contribution is -0.0755. The summed E-state index contributed by atoms with van der Waals surface area (Å²) in [5.74, 6) is 0.947. The third-order valence-corrected chi connectivity index (χ3v) is 4.35. The largest absolute Gasteiger partial charge is 0.494 e. The minimum absolute atomic E-state index is 0.0468. The lowest BCUT2D eigenvalue weighted by atomic mass is 9.64. The van der Waals surface area contributed by atoms with E-state index in [1.54, 1.807) is 0 Å². The second kappa shape index (κ2) is 5.51. The van der Waals surface area contributed by atoms with Crippen molar-refractivity contribution < 1.29 is 9.84 Å². The number of nitrogens with one attached hydrogen (secondary N) is 1. The minimum atomic E-state index is -0.195. The quantitative estimate of drug-likeness (QED) is 0.858. The number of para-hydroxylation sites is 1. The van der Waals surface area contributed by atoms with E-state index in [1.165, 1.54) is 5.56 Å². The van der Waals surface area contributed by atoms with Crippen LogP contribution in [0.5, 0.6) is 5.75 Å². The average Bonchev–Trinajstić information content (AvgIpc) is 2.39. The molecule has 0 heterocycles. The molecule has 1 aliphatic carbocycles. The molecule has 3 heteroatoms. The van der Waals surface area contributed by atoms with Gasteiger partial charge in [0.25, 0.3) is 0 Å². The van der Waals surface area contributed by atoms with Crippen molar-refractivity contribution in [3.8, 4) is 5.75 Å². The van der Waals surface area contributed by atoms with Crippen LogP contribution in [0.15, 0.2) is 24.3 Å². The van der Waals surface area contributed by atoms with Gasteiger partial charge in [-0.25, -0.2) is 0 Å². The van der Waals surface area contributed by atoms with E-state index in [1.807, 2.05) is 25.1 Å². The molecule has 19 heavy (non-hydrogen) atoms. The number of rotatable bonds is 5. The second-order valence-corrected chi connectivity index (χ2v) is 5.98. The Morgan fingerprint density at radius 1 is 1.42 bits per heavy atom. The fraction of sp³-hybridized carbons (Fsp3) is 0.625. The van der Waals surface area contributed by atoms with E-state index in [0.29, 0.717) is 12.6 Å². The zero-order valence-electron chi connectivity index (χ0n) is 12.3. The Hall–Kier alpha value is -1.06. The summed E-state index contributed by atoms with van der Waals surface area (Å²) in [6.07, 6.45) is 0.632. The summed E-state index contributed by atoms with van der Waals surface area (Å²) in [5, 5.41) is 13.4. The van der Waals surface area contributed by atoms with E-state index in [9.17, 15) is 5.11 Å². The topological polar surface area (TPSA) is 41.5 Å². The van der Waals surface area contributed by atoms with Gasteiger partial charge in [-0.05, 0) is 26.3 Å². The summed E-state index contributed by atoms with van der Waals surface area (Å²) in [6, 6.07) is 8.73. The zero-order valence-corrected chi connectivity index (χ0v) is 12.3. The van der Waals surface area contributed by atoms with Gasteiger partial charge in [0.2, 0.25) is 0 Å². The molecule has 1 fully saturated rings. The number of aliphatic hydroxyl groups excluding tert-OH is 1. The van der Waals surface area contributed by atoms with Crippen LogP contribution in [-0.4, -0.2) is 23.9 Å². The second-order valence-electron chi connectivity index (χ2n) is 5.98. The van der Waals surface area contributed by atoms with Gasteiger partial charge in [-0.15, -0.1) is 0 Å². The standard InChI is InChI=1S/C16H25NO2/c1-5-19-13-9-7-6-8-12(13)11(2)17-14-10-15(18)16(14,3)4/h6-9,11,14-15,17-18H,5,10H2,1-4H3. The molecule has 0 bridgehead atoms. The van der Waals surface area contributed by atoms with E-state index in [0.717, 1.165) is 12.2 Å². The first-order valence-corrected chi connectivity index (χ1v) is 7.12. The Balaban J connectivity index is 2.06. The molecule has 2 N–H and O–H groups in total. The van der Waals surface area contributed by atoms with E-state index in [2.05, 4.69) is 32.2 Å². The molecule has 106 valence electrons. The first kappa shape index (κ1) is 14.4. The van der Waals surface area contributed by atoms with Crippen LogP contribution in [0.1, 0.15) is 45.7 Å². The number of aliphatic hydroxyl groups is 1. The third kappa shape index (κ3) is 2.77. The highest BCUT2D eigenvalue weighted by Gasteiger charge is 2.47. The van der Waals surface area contributed by atoms with Crippen molar-refractivity contribution in [1.29, 1.82) is 0 Å². The van der Waals surface area contributed by atoms with Crippen LogP contribution in [-0.2, 0) is 0 Å². The van der Waals surface area contributed by atoms with Crippen LogP contribution in [0.3, 0.4) is 0 Å². The van der Waals surface area contributed by atoms with Crippen molar-refractivity contribution in [3.05, 3.63) is 29.8 Å². The van der Waals surface area contributed by atoms with E-state index < -0.39 is 0 Å². The normalized spacial score (nSPS) is 26.6. The minimum Gasteiger partial charge on any atom is -0.494 e. The third-order valence-electron chi connectivity index (χ3n) is 4.35. The molecule has 1 saturated carbocycles.